The molecule has 0 unspecified atom stereocenters. The number of anilines is 1. The Morgan fingerprint density at radius 1 is 1.29 bits per heavy atom. The largest absolute Gasteiger partial charge is 0.332 e. The van der Waals surface area contributed by atoms with Crippen molar-refractivity contribution in [1.82, 2.24) is 10.6 Å². The molecule has 0 aromatic heterocycles. The molecule has 0 saturated carbocycles. The van der Waals surface area contributed by atoms with Gasteiger partial charge < -0.3 is 16.0 Å². The summed E-state index contributed by atoms with van der Waals surface area (Å²) in [5.41, 5.74) is 2.02. The summed E-state index contributed by atoms with van der Waals surface area (Å²) in [6, 6.07) is 10.5. The third kappa shape index (κ3) is 5.90. The van der Waals surface area contributed by atoms with Crippen molar-refractivity contribution in [2.24, 2.45) is 0 Å². The van der Waals surface area contributed by atoms with Crippen LogP contribution in [0.5, 0.6) is 0 Å². The lowest BCUT2D eigenvalue weighted by Gasteiger charge is -2.16. The van der Waals surface area contributed by atoms with Crippen LogP contribution in [0.15, 0.2) is 24.3 Å². The van der Waals surface area contributed by atoms with Crippen LogP contribution in [-0.4, -0.2) is 35.0 Å². The number of rotatable bonds is 10. The number of thioether (sulfide) groups is 1. The molecule has 0 aliphatic carbocycles. The molecule has 0 bridgehead atoms. The van der Waals surface area contributed by atoms with Gasteiger partial charge in [0.15, 0.2) is 0 Å². The van der Waals surface area contributed by atoms with E-state index < -0.39 is 0 Å². The van der Waals surface area contributed by atoms with Gasteiger partial charge in [0.05, 0.1) is 18.2 Å². The lowest BCUT2D eigenvalue weighted by molar-refractivity contribution is -0.116. The van der Waals surface area contributed by atoms with Gasteiger partial charge in [-0.1, -0.05) is 18.6 Å². The number of nitriles is 1. The predicted octanol–water partition coefficient (Wildman–Crippen LogP) is 3.40. The molecule has 2 fully saturated rings. The average molecular weight is 400 g/mol. The summed E-state index contributed by atoms with van der Waals surface area (Å²) in [6.45, 7) is 0. The summed E-state index contributed by atoms with van der Waals surface area (Å²) in [5.74, 6) is 1.02. The molecule has 28 heavy (non-hydrogen) atoms. The van der Waals surface area contributed by atoms with Gasteiger partial charge in [-0.15, -0.1) is 0 Å². The van der Waals surface area contributed by atoms with Gasteiger partial charge in [-0.2, -0.15) is 17.0 Å². The first-order valence-corrected chi connectivity index (χ1v) is 11.0. The summed E-state index contributed by atoms with van der Waals surface area (Å²) in [4.78, 5) is 23.5. The normalized spacial score (nSPS) is 22.8. The molecule has 2 aliphatic heterocycles. The molecule has 1 aromatic rings. The van der Waals surface area contributed by atoms with E-state index in [2.05, 4.69) is 22.0 Å². The minimum Gasteiger partial charge on any atom is -0.332 e. The van der Waals surface area contributed by atoms with Gasteiger partial charge >= 0.3 is 6.03 Å². The topological polar surface area (TPSA) is 94.0 Å². The lowest BCUT2D eigenvalue weighted by Crippen LogP contribution is -2.36. The number of benzene rings is 1. The third-order valence-electron chi connectivity index (χ3n) is 5.19. The highest BCUT2D eigenvalue weighted by Gasteiger charge is 2.42. The fourth-order valence-corrected chi connectivity index (χ4v) is 5.23. The van der Waals surface area contributed by atoms with Crippen molar-refractivity contribution in [1.29, 1.82) is 5.26 Å². The van der Waals surface area contributed by atoms with Crippen molar-refractivity contribution in [3.8, 4) is 6.07 Å². The van der Waals surface area contributed by atoms with Crippen LogP contribution in [0.1, 0.15) is 44.1 Å². The molecule has 2 saturated heterocycles. The fourth-order valence-electron chi connectivity index (χ4n) is 3.69. The number of hydrogen-bond acceptors (Lipinski definition) is 4. The molecule has 149 valence electrons. The Morgan fingerprint density at radius 2 is 2.11 bits per heavy atom. The monoisotopic (exact) mass is 399 g/mol. The van der Waals surface area contributed by atoms with Crippen LogP contribution in [0.2, 0.25) is 0 Å². The van der Waals surface area contributed by atoms with Crippen molar-refractivity contribution < 1.29 is 9.59 Å². The number of nitrogens with one attached hydrogen (secondary N) is 3. The molecule has 3 rings (SSSR count). The Kier molecular flexibility index (Phi) is 7.61. The molecule has 1 radical (unpaired) electrons. The second-order valence-electron chi connectivity index (χ2n) is 7.30. The van der Waals surface area contributed by atoms with E-state index in [1.807, 2.05) is 42.4 Å². The second-order valence-corrected chi connectivity index (χ2v) is 8.57. The van der Waals surface area contributed by atoms with Crippen LogP contribution in [0.25, 0.3) is 0 Å². The zero-order chi connectivity index (χ0) is 19.8. The number of unbranched alkanes of at least 4 members (excludes halogenated alkanes) is 3. The minimum atomic E-state index is -0.0500. The van der Waals surface area contributed by atoms with Crippen LogP contribution >= 0.6 is 11.8 Å². The molecule has 2 heterocycles. The Morgan fingerprint density at radius 3 is 2.89 bits per heavy atom. The van der Waals surface area contributed by atoms with Gasteiger partial charge in [0.2, 0.25) is 5.91 Å². The molecular weight excluding hydrogens is 372 g/mol. The number of carbonyl (C=O) groups is 2. The number of aryl methyl sites for hydroxylation is 1. The SMILES string of the molecule is N#CC[CH]CCc1ccc(NC(=O)CCCC[C@@H]2SC[C@@H]3NC(=O)N[C@@H]32)cc1. The van der Waals surface area contributed by atoms with E-state index in [9.17, 15) is 9.59 Å². The molecular formula is C21H27N4O2S. The van der Waals surface area contributed by atoms with E-state index in [1.54, 1.807) is 0 Å². The number of urea groups is 1. The maximum atomic E-state index is 12.1. The maximum Gasteiger partial charge on any atom is 0.315 e. The van der Waals surface area contributed by atoms with Gasteiger partial charge in [-0.05, 0) is 49.8 Å². The Hall–Kier alpha value is -2.20. The van der Waals surface area contributed by atoms with E-state index >= 15 is 0 Å². The smallest absolute Gasteiger partial charge is 0.315 e. The molecule has 3 atom stereocenters. The van der Waals surface area contributed by atoms with E-state index in [1.165, 1.54) is 5.56 Å². The standard InChI is InChI=1S/C21H27N4O2S/c22-13-5-1-2-6-15-9-11-16(12-10-15)23-19(26)8-4-3-7-18-20-17(14-28-18)24-21(27)25-20/h1,9-12,17-18,20H,2-8,14H2,(H,23,26)(H2,24,25,27)/t17-,18-,20-/m0/s1. The highest BCUT2D eigenvalue weighted by molar-refractivity contribution is 8.00. The molecule has 2 aliphatic rings. The van der Waals surface area contributed by atoms with Crippen molar-refractivity contribution in [2.45, 2.75) is 62.3 Å². The number of hydrogen-bond donors (Lipinski definition) is 3. The zero-order valence-corrected chi connectivity index (χ0v) is 16.8. The number of carbonyl (C=O) groups excluding carboxylic acids is 2. The van der Waals surface area contributed by atoms with E-state index in [4.69, 9.17) is 5.26 Å². The van der Waals surface area contributed by atoms with Crippen molar-refractivity contribution in [3.05, 3.63) is 36.2 Å². The van der Waals surface area contributed by atoms with Crippen molar-refractivity contribution in [2.75, 3.05) is 11.1 Å². The third-order valence-corrected chi connectivity index (χ3v) is 6.70. The fraction of sp³-hybridized carbons (Fsp3) is 0.524. The Balaban J connectivity index is 1.30. The first-order chi connectivity index (χ1) is 13.7. The maximum absolute atomic E-state index is 12.1. The van der Waals surface area contributed by atoms with Gasteiger partial charge in [-0.3, -0.25) is 4.79 Å². The number of fused-ring (bicyclic) bond motifs is 1. The lowest BCUT2D eigenvalue weighted by atomic mass is 10.0. The first kappa shape index (κ1) is 20.5. The Labute approximate surface area is 170 Å². The van der Waals surface area contributed by atoms with Crippen LogP contribution in [-0.2, 0) is 11.2 Å². The Bertz CT molecular complexity index is 716. The van der Waals surface area contributed by atoms with Gasteiger partial charge in [-0.25, -0.2) is 4.79 Å². The summed E-state index contributed by atoms with van der Waals surface area (Å²) in [7, 11) is 0. The summed E-state index contributed by atoms with van der Waals surface area (Å²) in [6.07, 6.45) is 7.65. The van der Waals surface area contributed by atoms with Crippen LogP contribution < -0.4 is 16.0 Å². The summed E-state index contributed by atoms with van der Waals surface area (Å²) < 4.78 is 0. The molecule has 0 spiro atoms. The van der Waals surface area contributed by atoms with Crippen molar-refractivity contribution >= 4 is 29.4 Å². The molecule has 3 N–H and O–H groups in total. The first-order valence-electron chi connectivity index (χ1n) is 9.92. The van der Waals surface area contributed by atoms with E-state index in [0.717, 1.165) is 43.5 Å². The quantitative estimate of drug-likeness (QED) is 0.415. The van der Waals surface area contributed by atoms with Crippen LogP contribution in [0.3, 0.4) is 0 Å². The van der Waals surface area contributed by atoms with Gasteiger partial charge in [0.1, 0.15) is 0 Å². The summed E-state index contributed by atoms with van der Waals surface area (Å²) in [5, 5.41) is 17.9. The highest BCUT2D eigenvalue weighted by atomic mass is 32.2. The second kappa shape index (κ2) is 10.4. The van der Waals surface area contributed by atoms with E-state index in [-0.39, 0.29) is 24.0 Å². The zero-order valence-electron chi connectivity index (χ0n) is 15.9. The molecule has 1 aromatic carbocycles. The molecule has 6 nitrogen and oxygen atoms in total. The van der Waals surface area contributed by atoms with Crippen molar-refractivity contribution in [3.63, 3.8) is 0 Å². The number of nitrogens with zero attached hydrogens (tertiary/aromatic N) is 1. The highest BCUT2D eigenvalue weighted by Crippen LogP contribution is 2.33. The minimum absolute atomic E-state index is 0.0443. The molecule has 7 heteroatoms. The van der Waals surface area contributed by atoms with Gasteiger partial charge in [0.25, 0.3) is 0 Å². The average Bonchev–Trinajstić information content (AvgIpc) is 3.23. The summed E-state index contributed by atoms with van der Waals surface area (Å²) >= 11 is 1.91. The predicted molar refractivity (Wildman–Crippen MR) is 112 cm³/mol. The van der Waals surface area contributed by atoms with Gasteiger partial charge in [0, 0.05) is 29.5 Å². The number of amides is 3. The van der Waals surface area contributed by atoms with E-state index in [0.29, 0.717) is 18.1 Å². The van der Waals surface area contributed by atoms with Crippen LogP contribution in [0.4, 0.5) is 10.5 Å². The van der Waals surface area contributed by atoms with Crippen LogP contribution in [0, 0.1) is 17.8 Å². The molecule has 3 amide bonds.